The molecule has 7 rings (SSSR count). The van der Waals surface area contributed by atoms with Crippen molar-refractivity contribution in [2.24, 2.45) is 5.92 Å². The number of aryl methyl sites for hydroxylation is 2. The van der Waals surface area contributed by atoms with E-state index in [0.717, 1.165) is 41.6 Å². The largest absolute Gasteiger partial charge is 0.408 e. The number of anilines is 1. The van der Waals surface area contributed by atoms with E-state index in [2.05, 4.69) is 35.2 Å². The van der Waals surface area contributed by atoms with Gasteiger partial charge in [0.1, 0.15) is 47.6 Å². The summed E-state index contributed by atoms with van der Waals surface area (Å²) >= 11 is 7.53. The molecule has 322 valence electrons. The second-order valence-corrected chi connectivity index (χ2v) is 15.4. The first-order valence-corrected chi connectivity index (χ1v) is 19.8. The van der Waals surface area contributed by atoms with Crippen molar-refractivity contribution in [1.29, 1.82) is 0 Å². The zero-order valence-electron chi connectivity index (χ0n) is 32.2. The first-order valence-electron chi connectivity index (χ1n) is 18.2. The van der Waals surface area contributed by atoms with Crippen molar-refractivity contribution in [3.63, 3.8) is 0 Å². The van der Waals surface area contributed by atoms with Crippen LogP contribution in [0.25, 0.3) is 28.1 Å². The monoisotopic (exact) mass is 898 g/mol. The fourth-order valence-corrected chi connectivity index (χ4v) is 8.00. The summed E-state index contributed by atoms with van der Waals surface area (Å²) in [5, 5.41) is 10.1. The highest BCUT2D eigenvalue weighted by atomic mass is 35.5. The molecule has 4 heterocycles. The SMILES string of the molecule is CSNc1nn(CC(F)(F)F)c2c(-n3c(C(Cc4cc(F)cc(F)c4)NC(=O)Cn4nc(C(F)F)c5c4C(F)(F)C(C)C5)nc(-c4nc(C)cc(C)n4)cc3=O)ccc(Cl)c12. The average molecular weight is 899 g/mol. The first kappa shape index (κ1) is 43.4. The summed E-state index contributed by atoms with van der Waals surface area (Å²) in [5.74, 6) is -9.00. The molecule has 2 N–H and O–H groups in total. The van der Waals surface area contributed by atoms with Crippen molar-refractivity contribution in [2.75, 3.05) is 11.0 Å². The summed E-state index contributed by atoms with van der Waals surface area (Å²) in [6.07, 6.45) is -7.58. The predicted octanol–water partition coefficient (Wildman–Crippen LogP) is 8.36. The number of aromatic nitrogens is 8. The van der Waals surface area contributed by atoms with Gasteiger partial charge in [0, 0.05) is 47.7 Å². The van der Waals surface area contributed by atoms with Crippen LogP contribution in [-0.4, -0.2) is 57.4 Å². The van der Waals surface area contributed by atoms with Crippen molar-refractivity contribution in [1.82, 2.24) is 44.4 Å². The third-order valence-corrected chi connectivity index (χ3v) is 10.5. The number of hydrogen-bond acceptors (Lipinski definition) is 9. The van der Waals surface area contributed by atoms with Gasteiger partial charge in [0.2, 0.25) is 5.91 Å². The number of halogens is 10. The van der Waals surface area contributed by atoms with Gasteiger partial charge in [0.15, 0.2) is 11.6 Å². The molecule has 0 saturated carbocycles. The van der Waals surface area contributed by atoms with E-state index in [1.54, 1.807) is 26.2 Å². The lowest BCUT2D eigenvalue weighted by Gasteiger charge is -2.24. The fourth-order valence-electron chi connectivity index (χ4n) is 7.42. The minimum absolute atomic E-state index is 0.0531. The fraction of sp³-hybridized carbons (Fsp3) is 0.342. The molecular weight excluding hydrogens is 867 g/mol. The molecule has 2 atom stereocenters. The molecule has 0 saturated heterocycles. The minimum Gasteiger partial charge on any atom is -0.344 e. The molecule has 12 nitrogen and oxygen atoms in total. The highest BCUT2D eigenvalue weighted by Gasteiger charge is 2.51. The Hall–Kier alpha value is -5.64. The summed E-state index contributed by atoms with van der Waals surface area (Å²) in [6, 6.07) is 5.76. The lowest BCUT2D eigenvalue weighted by Crippen LogP contribution is -2.38. The van der Waals surface area contributed by atoms with Gasteiger partial charge in [0.05, 0.1) is 27.7 Å². The van der Waals surface area contributed by atoms with Gasteiger partial charge in [-0.1, -0.05) is 30.5 Å². The molecule has 0 spiro atoms. The van der Waals surface area contributed by atoms with Gasteiger partial charge < -0.3 is 10.0 Å². The van der Waals surface area contributed by atoms with Gasteiger partial charge in [-0.25, -0.2) is 32.5 Å². The zero-order chi connectivity index (χ0) is 44.3. The Balaban J connectivity index is 1.48. The number of hydrogen-bond donors (Lipinski definition) is 2. The topological polar surface area (TPSA) is 137 Å². The number of carbonyl (C=O) groups excluding carboxylic acids is 1. The zero-order valence-corrected chi connectivity index (χ0v) is 33.8. The van der Waals surface area contributed by atoms with Crippen LogP contribution in [0.4, 0.5) is 45.3 Å². The Morgan fingerprint density at radius 3 is 2.30 bits per heavy atom. The normalized spacial score (nSPS) is 15.4. The van der Waals surface area contributed by atoms with Gasteiger partial charge in [-0.05, 0) is 56.2 Å². The summed E-state index contributed by atoms with van der Waals surface area (Å²) in [7, 11) is 0. The lowest BCUT2D eigenvalue weighted by molar-refractivity contribution is -0.141. The van der Waals surface area contributed by atoms with Gasteiger partial charge in [-0.15, -0.1) is 0 Å². The number of nitrogens with one attached hydrogen (secondary N) is 2. The third kappa shape index (κ3) is 8.64. The van der Waals surface area contributed by atoms with Crippen LogP contribution in [0.5, 0.6) is 0 Å². The van der Waals surface area contributed by atoms with Crippen molar-refractivity contribution in [3.05, 3.63) is 109 Å². The van der Waals surface area contributed by atoms with Gasteiger partial charge >= 0.3 is 6.18 Å². The molecule has 2 unspecified atom stereocenters. The summed E-state index contributed by atoms with van der Waals surface area (Å²) in [6.45, 7) is 1.66. The van der Waals surface area contributed by atoms with Crippen LogP contribution in [-0.2, 0) is 36.6 Å². The Morgan fingerprint density at radius 2 is 1.67 bits per heavy atom. The van der Waals surface area contributed by atoms with E-state index in [9.17, 15) is 40.3 Å². The molecule has 1 aliphatic carbocycles. The van der Waals surface area contributed by atoms with Crippen molar-refractivity contribution >= 4 is 46.2 Å². The maximum absolute atomic E-state index is 15.4. The molecule has 23 heteroatoms. The average Bonchev–Trinajstić information content (AvgIpc) is 3.75. The maximum Gasteiger partial charge on any atom is 0.408 e. The maximum atomic E-state index is 15.4. The van der Waals surface area contributed by atoms with E-state index in [-0.39, 0.29) is 44.5 Å². The Bertz CT molecular complexity index is 2720. The molecule has 1 aliphatic rings. The molecule has 2 aromatic carbocycles. The summed E-state index contributed by atoms with van der Waals surface area (Å²) in [5.41, 5.74) is -3.29. The minimum atomic E-state index is -4.85. The molecule has 6 aromatic rings. The van der Waals surface area contributed by atoms with Crippen LogP contribution in [0.1, 0.15) is 59.1 Å². The van der Waals surface area contributed by atoms with Crippen LogP contribution in [0.3, 0.4) is 0 Å². The third-order valence-electron chi connectivity index (χ3n) is 9.78. The molecule has 1 amide bonds. The van der Waals surface area contributed by atoms with Crippen LogP contribution in [0.2, 0.25) is 5.02 Å². The van der Waals surface area contributed by atoms with E-state index in [1.807, 2.05) is 0 Å². The smallest absolute Gasteiger partial charge is 0.344 e. The number of carbonyl (C=O) groups is 1. The Kier molecular flexibility index (Phi) is 11.6. The van der Waals surface area contributed by atoms with E-state index < -0.39 is 102 Å². The van der Waals surface area contributed by atoms with Crippen LogP contribution in [0, 0.1) is 31.4 Å². The van der Waals surface area contributed by atoms with Crippen molar-refractivity contribution in [3.8, 4) is 17.2 Å². The summed E-state index contributed by atoms with van der Waals surface area (Å²) in [4.78, 5) is 42.0. The van der Waals surface area contributed by atoms with Crippen molar-refractivity contribution in [2.45, 2.75) is 71.3 Å². The highest BCUT2D eigenvalue weighted by Crippen LogP contribution is 2.48. The number of rotatable bonds is 12. The predicted molar refractivity (Wildman–Crippen MR) is 207 cm³/mol. The van der Waals surface area contributed by atoms with Gasteiger partial charge in [0.25, 0.3) is 17.9 Å². The second kappa shape index (κ2) is 16.3. The lowest BCUT2D eigenvalue weighted by atomic mass is 10.0. The number of nitrogens with zero attached hydrogens (tertiary/aromatic N) is 8. The second-order valence-electron chi connectivity index (χ2n) is 14.4. The van der Waals surface area contributed by atoms with Crippen LogP contribution < -0.4 is 15.6 Å². The number of amides is 1. The van der Waals surface area contributed by atoms with Gasteiger partial charge in [-0.3, -0.25) is 23.5 Å². The first-order chi connectivity index (χ1) is 28.6. The molecule has 61 heavy (non-hydrogen) atoms. The molecule has 0 aliphatic heterocycles. The molecule has 0 bridgehead atoms. The van der Waals surface area contributed by atoms with E-state index in [1.165, 1.54) is 12.1 Å². The molecule has 0 fully saturated rings. The quantitative estimate of drug-likeness (QED) is 0.0918. The van der Waals surface area contributed by atoms with Crippen LogP contribution >= 0.6 is 23.5 Å². The highest BCUT2D eigenvalue weighted by molar-refractivity contribution is 7.99. The van der Waals surface area contributed by atoms with E-state index in [0.29, 0.717) is 26.8 Å². The molecular formula is C38H32ClF9N10O2S. The number of benzene rings is 2. The van der Waals surface area contributed by atoms with Crippen LogP contribution in [0.15, 0.2) is 47.3 Å². The number of alkyl halides is 7. The number of fused-ring (bicyclic) bond motifs is 2. The molecule has 0 radical (unpaired) electrons. The van der Waals surface area contributed by atoms with E-state index in [4.69, 9.17) is 11.6 Å². The summed E-state index contributed by atoms with van der Waals surface area (Å²) < 4.78 is 135. The van der Waals surface area contributed by atoms with Crippen molar-refractivity contribution < 1.29 is 44.3 Å². The van der Waals surface area contributed by atoms with E-state index >= 15 is 8.78 Å². The Morgan fingerprint density at radius 1 is 1.00 bits per heavy atom. The standard InChI is InChI=1S/C38H32ClF9N10O2S/c1-16-7-22-30(33(42)43)53-56(32(22)38(16,47)48)14-27(59)51-25(11-19-9-20(40)12-21(41)10-19)36-52-24(34-49-17(2)8-18(3)50-34)13-28(60)58(36)26-6-5-23(39)29-31(26)57(15-37(44,45)46)54-35(29)55-61-4/h5-6,8-10,12-13,16,25,33H,7,11,14-15H2,1-4H3,(H,51,59)(H,54,55). The molecule has 4 aromatic heterocycles. The Labute approximate surface area is 348 Å². The van der Waals surface area contributed by atoms with Gasteiger partial charge in [-0.2, -0.15) is 32.1 Å².